The van der Waals surface area contributed by atoms with Crippen LogP contribution in [0.15, 0.2) is 18.2 Å². The molecule has 0 aliphatic carbocycles. The van der Waals surface area contributed by atoms with E-state index in [1.165, 1.54) is 12.0 Å². The van der Waals surface area contributed by atoms with E-state index in [9.17, 15) is 0 Å². The van der Waals surface area contributed by atoms with Gasteiger partial charge in [0, 0.05) is 19.1 Å². The van der Waals surface area contributed by atoms with Gasteiger partial charge in [0.1, 0.15) is 5.75 Å². The normalized spacial score (nSPS) is 20.9. The molecule has 0 spiro atoms. The van der Waals surface area contributed by atoms with E-state index in [-0.39, 0.29) is 0 Å². The third kappa shape index (κ3) is 3.61. The topological polar surface area (TPSA) is 38.5 Å². The molecule has 0 saturated carbocycles. The lowest BCUT2D eigenvalue weighted by Gasteiger charge is -2.30. The number of ether oxygens (including phenoxy) is 1. The van der Waals surface area contributed by atoms with Crippen LogP contribution in [0.1, 0.15) is 25.3 Å². The van der Waals surface area contributed by atoms with Crippen molar-refractivity contribution in [3.05, 3.63) is 28.8 Å². The van der Waals surface area contributed by atoms with Crippen LogP contribution in [0.3, 0.4) is 0 Å². The zero-order valence-corrected chi connectivity index (χ0v) is 11.6. The number of rotatable bonds is 4. The van der Waals surface area contributed by atoms with Crippen molar-refractivity contribution in [2.75, 3.05) is 19.7 Å². The van der Waals surface area contributed by atoms with E-state index in [2.05, 4.69) is 11.0 Å². The van der Waals surface area contributed by atoms with Crippen molar-refractivity contribution < 1.29 is 4.74 Å². The smallest absolute Gasteiger partial charge is 0.137 e. The summed E-state index contributed by atoms with van der Waals surface area (Å²) >= 11 is 6.19. The maximum Gasteiger partial charge on any atom is 0.137 e. The van der Waals surface area contributed by atoms with Gasteiger partial charge in [0.15, 0.2) is 0 Å². The van der Waals surface area contributed by atoms with Gasteiger partial charge in [0.25, 0.3) is 0 Å². The maximum absolute atomic E-state index is 6.19. The first kappa shape index (κ1) is 13.7. The monoisotopic (exact) mass is 268 g/mol. The minimum absolute atomic E-state index is 0.317. The Morgan fingerprint density at radius 3 is 3.00 bits per heavy atom. The van der Waals surface area contributed by atoms with Crippen LogP contribution >= 0.6 is 11.6 Å². The van der Waals surface area contributed by atoms with Crippen molar-refractivity contribution in [1.29, 1.82) is 0 Å². The largest absolute Gasteiger partial charge is 0.492 e. The Balaban J connectivity index is 1.99. The predicted molar refractivity (Wildman–Crippen MR) is 75.1 cm³/mol. The Hall–Kier alpha value is -0.770. The number of likely N-dealkylation sites (tertiary alicyclic amines) is 1. The number of nitrogens with two attached hydrogens (primary N) is 1. The number of nitrogens with zero attached hydrogens (tertiary/aromatic N) is 1. The van der Waals surface area contributed by atoms with E-state index in [1.54, 1.807) is 0 Å². The van der Waals surface area contributed by atoms with E-state index in [0.29, 0.717) is 17.7 Å². The summed E-state index contributed by atoms with van der Waals surface area (Å²) in [7, 11) is 0. The van der Waals surface area contributed by atoms with Gasteiger partial charge in [-0.05, 0) is 44.0 Å². The van der Waals surface area contributed by atoms with E-state index in [0.717, 1.165) is 31.8 Å². The molecule has 0 unspecified atom stereocenters. The summed E-state index contributed by atoms with van der Waals surface area (Å²) in [5.74, 6) is 0.762. The highest BCUT2D eigenvalue weighted by atomic mass is 35.5. The van der Waals surface area contributed by atoms with Gasteiger partial charge in [-0.15, -0.1) is 0 Å². The molecule has 0 bridgehead atoms. The molecule has 1 aliphatic heterocycles. The molecule has 1 fully saturated rings. The summed E-state index contributed by atoms with van der Waals surface area (Å²) in [4.78, 5) is 2.39. The van der Waals surface area contributed by atoms with Crippen molar-refractivity contribution >= 4 is 11.6 Å². The van der Waals surface area contributed by atoms with E-state index in [4.69, 9.17) is 22.1 Å². The van der Waals surface area contributed by atoms with Gasteiger partial charge in [-0.3, -0.25) is 4.90 Å². The van der Waals surface area contributed by atoms with Gasteiger partial charge in [0.05, 0.1) is 11.6 Å². The van der Waals surface area contributed by atoms with E-state index < -0.39 is 0 Å². The highest BCUT2D eigenvalue weighted by Crippen LogP contribution is 2.26. The summed E-state index contributed by atoms with van der Waals surface area (Å²) in [6.45, 7) is 5.61. The summed E-state index contributed by atoms with van der Waals surface area (Å²) in [5.41, 5.74) is 7.20. The quantitative estimate of drug-likeness (QED) is 0.912. The van der Waals surface area contributed by atoms with Gasteiger partial charge in [-0.2, -0.15) is 0 Å². The molecule has 0 radical (unpaired) electrons. The molecule has 4 heteroatoms. The first-order valence-electron chi connectivity index (χ1n) is 6.58. The van der Waals surface area contributed by atoms with E-state index in [1.807, 2.05) is 19.1 Å². The predicted octanol–water partition coefficient (Wildman–Crippen LogP) is 2.66. The second kappa shape index (κ2) is 6.41. The Morgan fingerprint density at radius 1 is 1.50 bits per heavy atom. The zero-order chi connectivity index (χ0) is 13.0. The van der Waals surface area contributed by atoms with Crippen LogP contribution in [0.2, 0.25) is 5.02 Å². The lowest BCUT2D eigenvalue weighted by atomic mass is 10.1. The fourth-order valence-electron chi connectivity index (χ4n) is 2.41. The van der Waals surface area contributed by atoms with Crippen molar-refractivity contribution in [2.45, 2.75) is 32.4 Å². The molecule has 18 heavy (non-hydrogen) atoms. The third-order valence-corrected chi connectivity index (χ3v) is 3.54. The molecular weight excluding hydrogens is 248 g/mol. The third-order valence-electron chi connectivity index (χ3n) is 3.24. The first-order valence-corrected chi connectivity index (χ1v) is 6.96. The van der Waals surface area contributed by atoms with Gasteiger partial charge < -0.3 is 10.5 Å². The molecule has 2 rings (SSSR count). The summed E-state index contributed by atoms with van der Waals surface area (Å²) in [6, 6.07) is 6.34. The highest BCUT2D eigenvalue weighted by molar-refractivity contribution is 6.32. The molecular formula is C14H21ClN2O. The van der Waals surface area contributed by atoms with Crippen LogP contribution in [-0.2, 0) is 6.54 Å². The van der Waals surface area contributed by atoms with E-state index >= 15 is 0 Å². The molecule has 1 aromatic carbocycles. The molecule has 1 atom stereocenters. The van der Waals surface area contributed by atoms with Crippen LogP contribution in [0.4, 0.5) is 0 Å². The van der Waals surface area contributed by atoms with Crippen LogP contribution < -0.4 is 10.5 Å². The van der Waals surface area contributed by atoms with Crippen molar-refractivity contribution in [3.8, 4) is 5.75 Å². The first-order chi connectivity index (χ1) is 8.69. The Kier molecular flexibility index (Phi) is 4.87. The molecule has 1 saturated heterocycles. The Labute approximate surface area is 114 Å². The van der Waals surface area contributed by atoms with Crippen LogP contribution in [0.25, 0.3) is 0 Å². The number of hydrogen-bond donors (Lipinski definition) is 1. The number of benzene rings is 1. The summed E-state index contributed by atoms with van der Waals surface area (Å²) in [6.07, 6.45) is 2.33. The lowest BCUT2D eigenvalue weighted by Crippen LogP contribution is -2.42. The van der Waals surface area contributed by atoms with Gasteiger partial charge in [-0.25, -0.2) is 0 Å². The number of hydrogen-bond acceptors (Lipinski definition) is 3. The van der Waals surface area contributed by atoms with Crippen molar-refractivity contribution in [3.63, 3.8) is 0 Å². The van der Waals surface area contributed by atoms with Crippen molar-refractivity contribution in [2.24, 2.45) is 5.73 Å². The van der Waals surface area contributed by atoms with Crippen molar-refractivity contribution in [1.82, 2.24) is 4.90 Å². The van der Waals surface area contributed by atoms with Gasteiger partial charge >= 0.3 is 0 Å². The molecule has 0 amide bonds. The molecule has 1 aromatic rings. The SMILES string of the molecule is CCOc1ccc(CN2CCC[C@@H](N)C2)cc1Cl. The number of halogens is 1. The maximum atomic E-state index is 6.19. The van der Waals surface area contributed by atoms with Crippen LogP contribution in [0.5, 0.6) is 5.75 Å². The zero-order valence-electron chi connectivity index (χ0n) is 10.9. The molecule has 1 aliphatic rings. The highest BCUT2D eigenvalue weighted by Gasteiger charge is 2.16. The average Bonchev–Trinajstić information content (AvgIpc) is 2.33. The molecule has 1 heterocycles. The summed E-state index contributed by atoms with van der Waals surface area (Å²) in [5, 5.41) is 0.690. The Bertz CT molecular complexity index is 397. The molecule has 0 aromatic heterocycles. The molecule has 2 N–H and O–H groups in total. The second-order valence-corrected chi connectivity index (χ2v) is 5.24. The van der Waals surface area contributed by atoms with Gasteiger partial charge in [-0.1, -0.05) is 17.7 Å². The molecule has 3 nitrogen and oxygen atoms in total. The minimum atomic E-state index is 0.317. The van der Waals surface area contributed by atoms with Crippen LogP contribution in [0, 0.1) is 0 Å². The standard InChI is InChI=1S/C14H21ClN2O/c1-2-18-14-6-5-11(8-13(14)15)9-17-7-3-4-12(16)10-17/h5-6,8,12H,2-4,7,9-10,16H2,1H3/t12-/m1/s1. The van der Waals surface area contributed by atoms with Gasteiger partial charge in [0.2, 0.25) is 0 Å². The lowest BCUT2D eigenvalue weighted by molar-refractivity contribution is 0.201. The summed E-state index contributed by atoms with van der Waals surface area (Å²) < 4.78 is 5.43. The number of piperidine rings is 1. The minimum Gasteiger partial charge on any atom is -0.492 e. The fraction of sp³-hybridized carbons (Fsp3) is 0.571. The molecule has 100 valence electrons. The van der Waals surface area contributed by atoms with Crippen LogP contribution in [-0.4, -0.2) is 30.6 Å². The fourth-order valence-corrected chi connectivity index (χ4v) is 2.67. The Morgan fingerprint density at radius 2 is 2.33 bits per heavy atom. The average molecular weight is 269 g/mol. The second-order valence-electron chi connectivity index (χ2n) is 4.84.